The van der Waals surface area contributed by atoms with Crippen LogP contribution in [0.25, 0.3) is 0 Å². The highest BCUT2D eigenvalue weighted by molar-refractivity contribution is 5.42. The lowest BCUT2D eigenvalue weighted by molar-refractivity contribution is 0.145. The Morgan fingerprint density at radius 1 is 1.26 bits per heavy atom. The number of rotatable bonds is 5. The second kappa shape index (κ2) is 6.73. The molecule has 19 heavy (non-hydrogen) atoms. The lowest BCUT2D eigenvalue weighted by Gasteiger charge is -2.34. The van der Waals surface area contributed by atoms with Crippen LogP contribution in [0.2, 0.25) is 0 Å². The Labute approximate surface area is 113 Å². The molecule has 2 rings (SSSR count). The minimum Gasteiger partial charge on any atom is -0.497 e. The number of benzene rings is 1. The topological polar surface area (TPSA) is 33.7 Å². The summed E-state index contributed by atoms with van der Waals surface area (Å²) in [6.45, 7) is 3.04. The first-order chi connectivity index (χ1) is 9.30. The minimum atomic E-state index is -0.427. The maximum atomic E-state index is 13.5. The molecule has 1 atom stereocenters. The molecule has 1 fully saturated rings. The maximum Gasteiger partial charge on any atom is 0.124 e. The van der Waals surface area contributed by atoms with E-state index in [2.05, 4.69) is 10.2 Å². The van der Waals surface area contributed by atoms with E-state index in [1.807, 2.05) is 18.2 Å². The van der Waals surface area contributed by atoms with Crippen LogP contribution in [-0.4, -0.2) is 52.0 Å². The lowest BCUT2D eigenvalue weighted by atomic mass is 10.0. The lowest BCUT2D eigenvalue weighted by Crippen LogP contribution is -2.45. The van der Waals surface area contributed by atoms with E-state index in [9.17, 15) is 4.39 Å². The van der Waals surface area contributed by atoms with Crippen LogP contribution < -0.4 is 14.8 Å². The number of alkyl halides is 1. The van der Waals surface area contributed by atoms with Gasteiger partial charge in [0.25, 0.3) is 0 Å². The fourth-order valence-electron chi connectivity index (χ4n) is 2.47. The van der Waals surface area contributed by atoms with Crippen molar-refractivity contribution in [2.45, 2.75) is 6.04 Å². The van der Waals surface area contributed by atoms with Crippen LogP contribution in [0, 0.1) is 0 Å². The van der Waals surface area contributed by atoms with Gasteiger partial charge in [0.15, 0.2) is 0 Å². The summed E-state index contributed by atoms with van der Waals surface area (Å²) in [6.07, 6.45) is 0. The molecule has 1 saturated heterocycles. The van der Waals surface area contributed by atoms with Crippen LogP contribution in [0.5, 0.6) is 11.5 Å². The molecule has 0 aliphatic carbocycles. The molecule has 0 radical (unpaired) electrons. The molecule has 4 nitrogen and oxygen atoms in total. The van der Waals surface area contributed by atoms with Gasteiger partial charge in [-0.15, -0.1) is 0 Å². The van der Waals surface area contributed by atoms with Crippen molar-refractivity contribution in [2.24, 2.45) is 0 Å². The molecular weight excluding hydrogens is 247 g/mol. The van der Waals surface area contributed by atoms with E-state index in [0.29, 0.717) is 5.75 Å². The minimum absolute atomic E-state index is 0.271. The van der Waals surface area contributed by atoms with E-state index in [0.717, 1.165) is 37.5 Å². The zero-order valence-electron chi connectivity index (χ0n) is 11.5. The Bertz CT molecular complexity index is 408. The van der Waals surface area contributed by atoms with E-state index < -0.39 is 6.67 Å². The summed E-state index contributed by atoms with van der Waals surface area (Å²) in [5.74, 6) is 1.44. The van der Waals surface area contributed by atoms with Crippen molar-refractivity contribution in [1.29, 1.82) is 0 Å². The van der Waals surface area contributed by atoms with Gasteiger partial charge in [-0.1, -0.05) is 0 Å². The van der Waals surface area contributed by atoms with Crippen LogP contribution in [0.4, 0.5) is 4.39 Å². The van der Waals surface area contributed by atoms with Crippen molar-refractivity contribution >= 4 is 0 Å². The predicted molar refractivity (Wildman–Crippen MR) is 72.7 cm³/mol. The average molecular weight is 268 g/mol. The van der Waals surface area contributed by atoms with Gasteiger partial charge in [0.2, 0.25) is 0 Å². The molecule has 0 spiro atoms. The highest BCUT2D eigenvalue weighted by Crippen LogP contribution is 2.33. The van der Waals surface area contributed by atoms with Gasteiger partial charge in [0.1, 0.15) is 18.2 Å². The van der Waals surface area contributed by atoms with Gasteiger partial charge in [-0.05, 0) is 18.2 Å². The van der Waals surface area contributed by atoms with Crippen molar-refractivity contribution in [2.75, 3.05) is 47.1 Å². The molecule has 1 heterocycles. The molecule has 1 aliphatic heterocycles. The average Bonchev–Trinajstić information content (AvgIpc) is 2.49. The van der Waals surface area contributed by atoms with E-state index in [-0.39, 0.29) is 6.04 Å². The Morgan fingerprint density at radius 3 is 2.58 bits per heavy atom. The Balaban J connectivity index is 2.29. The normalized spacial score (nSPS) is 18.1. The van der Waals surface area contributed by atoms with E-state index in [4.69, 9.17) is 9.47 Å². The van der Waals surface area contributed by atoms with Gasteiger partial charge in [-0.2, -0.15) is 0 Å². The van der Waals surface area contributed by atoms with Crippen LogP contribution in [0.1, 0.15) is 11.6 Å². The quantitative estimate of drug-likeness (QED) is 0.880. The number of nitrogens with one attached hydrogen (secondary N) is 1. The number of nitrogens with zero attached hydrogens (tertiary/aromatic N) is 1. The van der Waals surface area contributed by atoms with Crippen LogP contribution >= 0.6 is 0 Å². The monoisotopic (exact) mass is 268 g/mol. The summed E-state index contributed by atoms with van der Waals surface area (Å²) in [7, 11) is 3.22. The zero-order valence-corrected chi connectivity index (χ0v) is 11.5. The van der Waals surface area contributed by atoms with Crippen LogP contribution in [-0.2, 0) is 0 Å². The third-order valence-electron chi connectivity index (χ3n) is 3.53. The highest BCUT2D eigenvalue weighted by Gasteiger charge is 2.25. The van der Waals surface area contributed by atoms with Crippen molar-refractivity contribution in [3.8, 4) is 11.5 Å². The number of hydrogen-bond acceptors (Lipinski definition) is 4. The van der Waals surface area contributed by atoms with Crippen LogP contribution in [0.15, 0.2) is 18.2 Å². The molecule has 0 aromatic heterocycles. The summed E-state index contributed by atoms with van der Waals surface area (Å²) < 4.78 is 24.1. The molecular formula is C14H21FN2O2. The summed E-state index contributed by atoms with van der Waals surface area (Å²) in [6, 6.07) is 5.26. The third kappa shape index (κ3) is 3.16. The summed E-state index contributed by atoms with van der Waals surface area (Å²) in [5, 5.41) is 3.28. The first-order valence-electron chi connectivity index (χ1n) is 6.52. The summed E-state index contributed by atoms with van der Waals surface area (Å²) >= 11 is 0. The van der Waals surface area contributed by atoms with Gasteiger partial charge in [-0.25, -0.2) is 4.39 Å². The molecule has 0 saturated carbocycles. The van der Waals surface area contributed by atoms with Crippen LogP contribution in [0.3, 0.4) is 0 Å². The van der Waals surface area contributed by atoms with Gasteiger partial charge < -0.3 is 14.8 Å². The Kier molecular flexibility index (Phi) is 4.99. The van der Waals surface area contributed by atoms with Gasteiger partial charge in [0.05, 0.1) is 20.3 Å². The molecule has 1 aromatic carbocycles. The standard InChI is InChI=1S/C14H21FN2O2/c1-18-11-3-4-14(19-2)12(9-11)13(10-15)17-7-5-16-6-8-17/h3-4,9,13,16H,5-8,10H2,1-2H3/t13-/m1/s1. The zero-order chi connectivity index (χ0) is 13.7. The number of halogens is 1. The second-order valence-corrected chi connectivity index (χ2v) is 4.56. The van der Waals surface area contributed by atoms with Gasteiger partial charge in [-0.3, -0.25) is 4.90 Å². The molecule has 1 aromatic rings. The summed E-state index contributed by atoms with van der Waals surface area (Å²) in [5.41, 5.74) is 0.853. The van der Waals surface area contributed by atoms with E-state index >= 15 is 0 Å². The van der Waals surface area contributed by atoms with E-state index in [1.165, 1.54) is 0 Å². The Hall–Kier alpha value is -1.33. The number of hydrogen-bond donors (Lipinski definition) is 1. The fraction of sp³-hybridized carbons (Fsp3) is 0.571. The maximum absolute atomic E-state index is 13.5. The molecule has 1 N–H and O–H groups in total. The smallest absolute Gasteiger partial charge is 0.124 e. The number of piperazine rings is 1. The number of methoxy groups -OCH3 is 2. The first-order valence-corrected chi connectivity index (χ1v) is 6.52. The molecule has 0 unspecified atom stereocenters. The predicted octanol–water partition coefficient (Wildman–Crippen LogP) is 1.62. The SMILES string of the molecule is COc1ccc(OC)c([C@@H](CF)N2CCNCC2)c1. The van der Waals surface area contributed by atoms with Crippen molar-refractivity contribution < 1.29 is 13.9 Å². The molecule has 0 amide bonds. The largest absolute Gasteiger partial charge is 0.497 e. The van der Waals surface area contributed by atoms with Gasteiger partial charge in [0, 0.05) is 31.7 Å². The fourth-order valence-corrected chi connectivity index (χ4v) is 2.47. The molecule has 1 aliphatic rings. The molecule has 106 valence electrons. The highest BCUT2D eigenvalue weighted by atomic mass is 19.1. The van der Waals surface area contributed by atoms with Crippen molar-refractivity contribution in [3.05, 3.63) is 23.8 Å². The van der Waals surface area contributed by atoms with Crippen molar-refractivity contribution in [3.63, 3.8) is 0 Å². The summed E-state index contributed by atoms with van der Waals surface area (Å²) in [4.78, 5) is 2.15. The number of ether oxygens (including phenoxy) is 2. The van der Waals surface area contributed by atoms with E-state index in [1.54, 1.807) is 14.2 Å². The molecule has 0 bridgehead atoms. The second-order valence-electron chi connectivity index (χ2n) is 4.56. The Morgan fingerprint density at radius 2 is 2.00 bits per heavy atom. The van der Waals surface area contributed by atoms with Crippen molar-refractivity contribution in [1.82, 2.24) is 10.2 Å². The van der Waals surface area contributed by atoms with Gasteiger partial charge >= 0.3 is 0 Å². The first kappa shape index (κ1) is 14.1. The molecule has 5 heteroatoms. The third-order valence-corrected chi connectivity index (χ3v) is 3.53.